The number of hydrogen-bond acceptors (Lipinski definition) is 3. The third-order valence-electron chi connectivity index (χ3n) is 2.89. The van der Waals surface area contributed by atoms with Crippen LogP contribution in [0.25, 0.3) is 11.3 Å². The van der Waals surface area contributed by atoms with Gasteiger partial charge in [0.15, 0.2) is 5.76 Å². The van der Waals surface area contributed by atoms with Gasteiger partial charge in [-0.3, -0.25) is 4.79 Å². The van der Waals surface area contributed by atoms with Crippen LogP contribution in [-0.4, -0.2) is 5.91 Å². The summed E-state index contributed by atoms with van der Waals surface area (Å²) < 4.78 is 10.7. The Morgan fingerprint density at radius 1 is 1.00 bits per heavy atom. The van der Waals surface area contributed by atoms with Crippen molar-refractivity contribution in [1.82, 2.24) is 5.32 Å². The van der Waals surface area contributed by atoms with Crippen LogP contribution in [0.3, 0.4) is 0 Å². The lowest BCUT2D eigenvalue weighted by Crippen LogP contribution is -2.21. The highest BCUT2D eigenvalue weighted by Crippen LogP contribution is 2.21. The molecular weight excluding hydrogens is 254 g/mol. The minimum absolute atomic E-state index is 0.257. The lowest BCUT2D eigenvalue weighted by Gasteiger charge is -2.00. The normalized spacial score (nSPS) is 10.4. The molecule has 1 amide bonds. The minimum atomic E-state index is -0.257. The first kappa shape index (κ1) is 12.3. The number of carbonyl (C=O) groups excluding carboxylic acids is 1. The van der Waals surface area contributed by atoms with Gasteiger partial charge in [-0.2, -0.15) is 0 Å². The van der Waals surface area contributed by atoms with Crippen LogP contribution in [0.15, 0.2) is 69.7 Å². The Balaban J connectivity index is 1.65. The van der Waals surface area contributed by atoms with Gasteiger partial charge in [0.05, 0.1) is 12.8 Å². The van der Waals surface area contributed by atoms with Crippen LogP contribution < -0.4 is 5.32 Å². The molecule has 0 fully saturated rings. The summed E-state index contributed by atoms with van der Waals surface area (Å²) in [6.45, 7) is 0.326. The number of carbonyl (C=O) groups is 1. The predicted octanol–water partition coefficient (Wildman–Crippen LogP) is 3.47. The van der Waals surface area contributed by atoms with Crippen LogP contribution in [0.1, 0.15) is 16.3 Å². The van der Waals surface area contributed by atoms with Gasteiger partial charge >= 0.3 is 0 Å². The van der Waals surface area contributed by atoms with Gasteiger partial charge in [0.2, 0.25) is 0 Å². The molecule has 0 saturated carbocycles. The average Bonchev–Trinajstić information content (AvgIpc) is 3.17. The molecule has 0 saturated heterocycles. The SMILES string of the molecule is O=C(NCc1ccc(-c2ccccc2)o1)c1ccco1. The fourth-order valence-electron chi connectivity index (χ4n) is 1.89. The summed E-state index contributed by atoms with van der Waals surface area (Å²) in [5.74, 6) is 1.52. The number of furan rings is 2. The predicted molar refractivity (Wildman–Crippen MR) is 74.0 cm³/mol. The summed E-state index contributed by atoms with van der Waals surface area (Å²) in [4.78, 5) is 11.7. The zero-order valence-corrected chi connectivity index (χ0v) is 10.7. The van der Waals surface area contributed by atoms with Crippen LogP contribution in [-0.2, 0) is 6.54 Å². The maximum atomic E-state index is 11.7. The van der Waals surface area contributed by atoms with E-state index in [0.717, 1.165) is 11.3 Å². The van der Waals surface area contributed by atoms with E-state index in [1.165, 1.54) is 6.26 Å². The van der Waals surface area contributed by atoms with E-state index in [-0.39, 0.29) is 5.91 Å². The monoisotopic (exact) mass is 267 g/mol. The van der Waals surface area contributed by atoms with Gasteiger partial charge in [-0.25, -0.2) is 0 Å². The molecule has 100 valence electrons. The number of benzene rings is 1. The van der Waals surface area contributed by atoms with E-state index in [1.54, 1.807) is 12.1 Å². The Bertz CT molecular complexity index is 684. The first-order chi connectivity index (χ1) is 9.83. The summed E-state index contributed by atoms with van der Waals surface area (Å²) in [7, 11) is 0. The molecule has 0 aliphatic rings. The van der Waals surface area contributed by atoms with Gasteiger partial charge in [-0.1, -0.05) is 30.3 Å². The topological polar surface area (TPSA) is 55.4 Å². The van der Waals surface area contributed by atoms with E-state index in [2.05, 4.69) is 5.32 Å². The number of amides is 1. The van der Waals surface area contributed by atoms with E-state index in [9.17, 15) is 4.79 Å². The fraction of sp³-hybridized carbons (Fsp3) is 0.0625. The maximum absolute atomic E-state index is 11.7. The second kappa shape index (κ2) is 5.48. The first-order valence-electron chi connectivity index (χ1n) is 6.29. The number of hydrogen-bond donors (Lipinski definition) is 1. The van der Waals surface area contributed by atoms with Crippen LogP contribution in [0, 0.1) is 0 Å². The average molecular weight is 267 g/mol. The molecule has 2 heterocycles. The number of rotatable bonds is 4. The molecule has 0 radical (unpaired) electrons. The Labute approximate surface area is 116 Å². The molecule has 3 aromatic rings. The fourth-order valence-corrected chi connectivity index (χ4v) is 1.89. The second-order valence-corrected chi connectivity index (χ2v) is 4.29. The minimum Gasteiger partial charge on any atom is -0.459 e. The second-order valence-electron chi connectivity index (χ2n) is 4.29. The van der Waals surface area contributed by atoms with E-state index in [0.29, 0.717) is 18.1 Å². The smallest absolute Gasteiger partial charge is 0.287 e. The third kappa shape index (κ3) is 2.64. The highest BCUT2D eigenvalue weighted by molar-refractivity contribution is 5.91. The zero-order valence-electron chi connectivity index (χ0n) is 10.7. The van der Waals surface area contributed by atoms with E-state index in [1.807, 2.05) is 42.5 Å². The Hall–Kier alpha value is -2.75. The van der Waals surface area contributed by atoms with Crippen LogP contribution in [0.5, 0.6) is 0 Å². The highest BCUT2D eigenvalue weighted by atomic mass is 16.3. The maximum Gasteiger partial charge on any atom is 0.287 e. The van der Waals surface area contributed by atoms with Crippen LogP contribution in [0.2, 0.25) is 0 Å². The molecule has 0 atom stereocenters. The molecule has 3 rings (SSSR count). The van der Waals surface area contributed by atoms with Crippen molar-refractivity contribution in [3.63, 3.8) is 0 Å². The van der Waals surface area contributed by atoms with E-state index in [4.69, 9.17) is 8.83 Å². The molecule has 0 bridgehead atoms. The highest BCUT2D eigenvalue weighted by Gasteiger charge is 2.09. The summed E-state index contributed by atoms with van der Waals surface area (Å²) in [6, 6.07) is 16.9. The van der Waals surface area contributed by atoms with Crippen molar-refractivity contribution in [3.8, 4) is 11.3 Å². The summed E-state index contributed by atoms with van der Waals surface area (Å²) in [6.07, 6.45) is 1.47. The van der Waals surface area contributed by atoms with Crippen molar-refractivity contribution < 1.29 is 13.6 Å². The van der Waals surface area contributed by atoms with E-state index < -0.39 is 0 Å². The molecule has 0 aliphatic carbocycles. The first-order valence-corrected chi connectivity index (χ1v) is 6.29. The van der Waals surface area contributed by atoms with Crippen molar-refractivity contribution in [2.45, 2.75) is 6.54 Å². The quantitative estimate of drug-likeness (QED) is 0.787. The van der Waals surface area contributed by atoms with Gasteiger partial charge in [-0.05, 0) is 24.3 Å². The molecule has 4 heteroatoms. The summed E-state index contributed by atoms with van der Waals surface area (Å²) in [5.41, 5.74) is 1.01. The molecule has 4 nitrogen and oxygen atoms in total. The van der Waals surface area contributed by atoms with E-state index >= 15 is 0 Å². The Kier molecular flexibility index (Phi) is 3.37. The third-order valence-corrected chi connectivity index (χ3v) is 2.89. The van der Waals surface area contributed by atoms with Crippen molar-refractivity contribution in [2.24, 2.45) is 0 Å². The molecular formula is C16H13NO3. The molecule has 2 aromatic heterocycles. The molecule has 0 spiro atoms. The Morgan fingerprint density at radius 2 is 1.85 bits per heavy atom. The molecule has 20 heavy (non-hydrogen) atoms. The lowest BCUT2D eigenvalue weighted by atomic mass is 10.2. The van der Waals surface area contributed by atoms with Crippen molar-refractivity contribution in [2.75, 3.05) is 0 Å². The van der Waals surface area contributed by atoms with Crippen molar-refractivity contribution in [1.29, 1.82) is 0 Å². The van der Waals surface area contributed by atoms with Gasteiger partial charge < -0.3 is 14.2 Å². The van der Waals surface area contributed by atoms with Gasteiger partial charge in [0.25, 0.3) is 5.91 Å². The van der Waals surface area contributed by atoms with Crippen molar-refractivity contribution >= 4 is 5.91 Å². The summed E-state index contributed by atoms with van der Waals surface area (Å²) in [5, 5.41) is 2.74. The summed E-state index contributed by atoms with van der Waals surface area (Å²) >= 11 is 0. The lowest BCUT2D eigenvalue weighted by molar-refractivity contribution is 0.0920. The standard InChI is InChI=1S/C16H13NO3/c18-16(15-7-4-10-19-15)17-11-13-8-9-14(20-13)12-5-2-1-3-6-12/h1-10H,11H2,(H,17,18). The zero-order chi connectivity index (χ0) is 13.8. The van der Waals surface area contributed by atoms with Crippen molar-refractivity contribution in [3.05, 3.63) is 72.4 Å². The van der Waals surface area contributed by atoms with Crippen LogP contribution >= 0.6 is 0 Å². The number of nitrogens with one attached hydrogen (secondary N) is 1. The molecule has 1 N–H and O–H groups in total. The Morgan fingerprint density at radius 3 is 2.60 bits per heavy atom. The molecule has 1 aromatic carbocycles. The molecule has 0 aliphatic heterocycles. The van der Waals surface area contributed by atoms with Crippen LogP contribution in [0.4, 0.5) is 0 Å². The largest absolute Gasteiger partial charge is 0.459 e. The van der Waals surface area contributed by atoms with Gasteiger partial charge in [0, 0.05) is 5.56 Å². The van der Waals surface area contributed by atoms with Gasteiger partial charge in [-0.15, -0.1) is 0 Å². The molecule has 0 unspecified atom stereocenters. The van der Waals surface area contributed by atoms with Gasteiger partial charge in [0.1, 0.15) is 11.5 Å².